The predicted molar refractivity (Wildman–Crippen MR) is 112 cm³/mol. The lowest BCUT2D eigenvalue weighted by Crippen LogP contribution is -2.22. The summed E-state index contributed by atoms with van der Waals surface area (Å²) in [5, 5.41) is 6.63. The van der Waals surface area contributed by atoms with Crippen LogP contribution in [0.4, 0.5) is 17.6 Å². The number of fused-ring (bicyclic) bond motifs is 1. The van der Waals surface area contributed by atoms with Crippen molar-refractivity contribution < 1.29 is 31.9 Å². The third kappa shape index (κ3) is 4.13. The molecule has 0 fully saturated rings. The highest BCUT2D eigenvalue weighted by Crippen LogP contribution is 2.43. The van der Waals surface area contributed by atoms with Gasteiger partial charge in [0, 0.05) is 22.4 Å². The average molecular weight is 481 g/mol. The molecule has 0 saturated heterocycles. The number of H-pyrrole nitrogens is 1. The van der Waals surface area contributed by atoms with Crippen molar-refractivity contribution >= 4 is 23.4 Å². The van der Waals surface area contributed by atoms with Gasteiger partial charge < -0.3 is 4.74 Å². The van der Waals surface area contributed by atoms with E-state index in [0.29, 0.717) is 24.1 Å². The number of methoxy groups -OCH3 is 1. The van der Waals surface area contributed by atoms with Crippen LogP contribution in [0, 0.1) is 5.82 Å². The number of nitrogens with one attached hydrogen (secondary N) is 1. The number of esters is 1. The molecule has 2 aromatic carbocycles. The number of hydrogen-bond acceptors (Lipinski definition) is 4. The van der Waals surface area contributed by atoms with Crippen molar-refractivity contribution in [3.63, 3.8) is 0 Å². The van der Waals surface area contributed by atoms with Crippen LogP contribution in [-0.4, -0.2) is 29.1 Å². The summed E-state index contributed by atoms with van der Waals surface area (Å²) in [7, 11) is 1.17. The molecule has 10 heteroatoms. The Morgan fingerprint density at radius 3 is 2.64 bits per heavy atom. The Balaban J connectivity index is 1.82. The van der Waals surface area contributed by atoms with Gasteiger partial charge in [0.2, 0.25) is 0 Å². The number of aromatic nitrogens is 2. The van der Waals surface area contributed by atoms with Crippen molar-refractivity contribution in [1.82, 2.24) is 10.2 Å². The molecular formula is C23H17ClF4N2O3. The van der Waals surface area contributed by atoms with Crippen LogP contribution in [0.2, 0.25) is 5.02 Å². The molecule has 1 N–H and O–H groups in total. The third-order valence-electron chi connectivity index (χ3n) is 5.68. The van der Waals surface area contributed by atoms with E-state index in [9.17, 15) is 27.2 Å². The Morgan fingerprint density at radius 1 is 1.21 bits per heavy atom. The summed E-state index contributed by atoms with van der Waals surface area (Å²) in [4.78, 5) is 25.1. The van der Waals surface area contributed by atoms with Crippen LogP contribution >= 0.6 is 11.6 Å². The molecule has 1 aromatic heterocycles. The zero-order valence-electron chi connectivity index (χ0n) is 17.2. The molecule has 1 atom stereocenters. The average Bonchev–Trinajstić information content (AvgIpc) is 3.21. The molecule has 0 amide bonds. The van der Waals surface area contributed by atoms with Gasteiger partial charge in [-0.25, -0.2) is 9.18 Å². The first kappa shape index (κ1) is 23.0. The van der Waals surface area contributed by atoms with Crippen molar-refractivity contribution in [3.8, 4) is 11.3 Å². The number of carbonyl (C=O) groups excluding carboxylic acids is 2. The van der Waals surface area contributed by atoms with E-state index in [-0.39, 0.29) is 28.3 Å². The largest absolute Gasteiger partial charge is 0.465 e. The third-order valence-corrected chi connectivity index (χ3v) is 5.99. The molecule has 0 bridgehead atoms. The predicted octanol–water partition coefficient (Wildman–Crippen LogP) is 5.98. The highest BCUT2D eigenvalue weighted by atomic mass is 35.5. The highest BCUT2D eigenvalue weighted by molar-refractivity contribution is 6.34. The zero-order valence-corrected chi connectivity index (χ0v) is 18.0. The molecule has 1 aliphatic carbocycles. The Morgan fingerprint density at radius 2 is 1.97 bits per heavy atom. The standard InChI is InChI=1S/C23H17ClF4N2O3/c1-33-22(32)11-8-9-12(16(25)10-11)20-18-13(4-2-7-17(18)29-30-20)21(31)19-14(23(26,27)28)5-3-6-15(19)24/h3,5-6,8-10,13H,2,4,7H2,1H3,(H,29,30). The molecule has 0 aliphatic heterocycles. The molecule has 33 heavy (non-hydrogen) atoms. The van der Waals surface area contributed by atoms with Crippen molar-refractivity contribution in [2.24, 2.45) is 0 Å². The van der Waals surface area contributed by atoms with Gasteiger partial charge in [-0.2, -0.15) is 18.3 Å². The number of hydrogen-bond donors (Lipinski definition) is 1. The lowest BCUT2D eigenvalue weighted by molar-refractivity contribution is -0.137. The fraction of sp³-hybridized carbons (Fsp3) is 0.261. The summed E-state index contributed by atoms with van der Waals surface area (Å²) in [5.41, 5.74) is -0.742. The molecular weight excluding hydrogens is 464 g/mol. The Labute approximate surface area is 190 Å². The first-order chi connectivity index (χ1) is 15.6. The number of ether oxygens (including phenoxy) is 1. The maximum atomic E-state index is 14.9. The van der Waals surface area contributed by atoms with Gasteiger partial charge in [-0.3, -0.25) is 9.89 Å². The van der Waals surface area contributed by atoms with Gasteiger partial charge in [0.15, 0.2) is 5.78 Å². The van der Waals surface area contributed by atoms with Crippen LogP contribution in [0.25, 0.3) is 11.3 Å². The second kappa shape index (κ2) is 8.62. The zero-order chi connectivity index (χ0) is 23.9. The molecule has 1 aliphatic rings. The van der Waals surface area contributed by atoms with E-state index in [2.05, 4.69) is 14.9 Å². The van der Waals surface area contributed by atoms with Crippen LogP contribution < -0.4 is 0 Å². The van der Waals surface area contributed by atoms with E-state index in [1.165, 1.54) is 25.3 Å². The maximum Gasteiger partial charge on any atom is 0.417 e. The second-order valence-electron chi connectivity index (χ2n) is 7.62. The van der Waals surface area contributed by atoms with Gasteiger partial charge in [0.05, 0.1) is 34.9 Å². The van der Waals surface area contributed by atoms with Crippen molar-refractivity contribution in [2.75, 3.05) is 7.11 Å². The van der Waals surface area contributed by atoms with E-state index in [0.717, 1.165) is 18.2 Å². The number of ketones is 1. The van der Waals surface area contributed by atoms with Crippen LogP contribution in [-0.2, 0) is 17.3 Å². The Kier molecular flexibility index (Phi) is 6.00. The van der Waals surface area contributed by atoms with Crippen molar-refractivity contribution in [1.29, 1.82) is 0 Å². The van der Waals surface area contributed by atoms with Crippen LogP contribution in [0.3, 0.4) is 0 Å². The number of alkyl halides is 3. The molecule has 3 aromatic rings. The maximum absolute atomic E-state index is 14.9. The quantitative estimate of drug-likeness (QED) is 0.283. The Bertz CT molecular complexity index is 1250. The number of aryl methyl sites for hydroxylation is 1. The number of carbonyl (C=O) groups is 2. The first-order valence-electron chi connectivity index (χ1n) is 9.98. The van der Waals surface area contributed by atoms with Gasteiger partial charge >= 0.3 is 12.1 Å². The lowest BCUT2D eigenvalue weighted by Gasteiger charge is -2.24. The highest BCUT2D eigenvalue weighted by Gasteiger charge is 2.40. The monoisotopic (exact) mass is 480 g/mol. The molecule has 1 heterocycles. The van der Waals surface area contributed by atoms with Crippen LogP contribution in [0.1, 0.15) is 56.3 Å². The molecule has 5 nitrogen and oxygen atoms in total. The minimum atomic E-state index is -4.78. The second-order valence-corrected chi connectivity index (χ2v) is 8.03. The topological polar surface area (TPSA) is 72.0 Å². The number of nitrogens with zero attached hydrogens (tertiary/aromatic N) is 1. The Hall–Kier alpha value is -3.20. The summed E-state index contributed by atoms with van der Waals surface area (Å²) >= 11 is 6.05. The number of benzene rings is 2. The minimum Gasteiger partial charge on any atom is -0.465 e. The summed E-state index contributed by atoms with van der Waals surface area (Å²) in [6.45, 7) is 0. The van der Waals surface area contributed by atoms with E-state index in [1.54, 1.807) is 0 Å². The fourth-order valence-corrected chi connectivity index (χ4v) is 4.45. The summed E-state index contributed by atoms with van der Waals surface area (Å²) in [6.07, 6.45) is -3.49. The molecule has 4 rings (SSSR count). The van der Waals surface area contributed by atoms with E-state index < -0.39 is 40.8 Å². The van der Waals surface area contributed by atoms with Gasteiger partial charge in [-0.1, -0.05) is 17.7 Å². The number of Topliss-reactive ketones (excluding diaryl/α,β-unsaturated/α-hetero) is 1. The van der Waals surface area contributed by atoms with Crippen LogP contribution in [0.15, 0.2) is 36.4 Å². The number of aromatic amines is 1. The minimum absolute atomic E-state index is 0.00931. The summed E-state index contributed by atoms with van der Waals surface area (Å²) in [5.74, 6) is -3.31. The summed E-state index contributed by atoms with van der Waals surface area (Å²) in [6, 6.07) is 6.83. The van der Waals surface area contributed by atoms with Crippen LogP contribution in [0.5, 0.6) is 0 Å². The van der Waals surface area contributed by atoms with E-state index in [1.807, 2.05) is 0 Å². The molecule has 0 spiro atoms. The fourth-order valence-electron chi connectivity index (χ4n) is 4.18. The van der Waals surface area contributed by atoms with Crippen molar-refractivity contribution in [3.05, 3.63) is 75.2 Å². The normalized spacial score (nSPS) is 15.8. The smallest absolute Gasteiger partial charge is 0.417 e. The number of rotatable bonds is 4. The molecule has 172 valence electrons. The summed E-state index contributed by atoms with van der Waals surface area (Å²) < 4.78 is 60.3. The SMILES string of the molecule is COC(=O)c1ccc(-c2n[nH]c3c2C(C(=O)c2c(Cl)cccc2C(F)(F)F)CCC3)c(F)c1. The first-order valence-corrected chi connectivity index (χ1v) is 10.4. The van der Waals surface area contributed by atoms with Gasteiger partial charge in [-0.05, 0) is 49.6 Å². The molecule has 0 radical (unpaired) electrons. The lowest BCUT2D eigenvalue weighted by atomic mass is 9.78. The van der Waals surface area contributed by atoms with Gasteiger partial charge in [0.25, 0.3) is 0 Å². The van der Waals surface area contributed by atoms with Gasteiger partial charge in [-0.15, -0.1) is 0 Å². The molecule has 1 unspecified atom stereocenters. The van der Waals surface area contributed by atoms with E-state index >= 15 is 0 Å². The van der Waals surface area contributed by atoms with E-state index in [4.69, 9.17) is 11.6 Å². The van der Waals surface area contributed by atoms with Crippen molar-refractivity contribution in [2.45, 2.75) is 31.4 Å². The molecule has 0 saturated carbocycles. The van der Waals surface area contributed by atoms with Gasteiger partial charge in [0.1, 0.15) is 5.82 Å². The number of halogens is 5.